The molecule has 76 valence electrons. The molecule has 2 heteroatoms. The maximum Gasteiger partial charge on any atom is 0.153 e. The highest BCUT2D eigenvalue weighted by Gasteiger charge is 2.06. The van der Waals surface area contributed by atoms with Crippen molar-refractivity contribution in [1.82, 2.24) is 0 Å². The van der Waals surface area contributed by atoms with Gasteiger partial charge in [-0.25, -0.2) is 0 Å². The number of carbonyl (C=O) groups is 1. The molecule has 2 nitrogen and oxygen atoms in total. The van der Waals surface area contributed by atoms with Crippen LogP contribution in [0.4, 0.5) is 0 Å². The summed E-state index contributed by atoms with van der Waals surface area (Å²) < 4.78 is 0. The summed E-state index contributed by atoms with van der Waals surface area (Å²) >= 11 is 0. The van der Waals surface area contributed by atoms with Gasteiger partial charge < -0.3 is 5.11 Å². The second kappa shape index (κ2) is 3.39. The van der Waals surface area contributed by atoms with Gasteiger partial charge in [-0.15, -0.1) is 0 Å². The van der Waals surface area contributed by atoms with Crippen LogP contribution < -0.4 is 0 Å². The number of carbonyl (C=O) groups excluding carboxylic acids is 1. The molecule has 0 spiro atoms. The number of aldehydes is 1. The van der Waals surface area contributed by atoms with E-state index in [1.165, 1.54) is 5.56 Å². The van der Waals surface area contributed by atoms with Gasteiger partial charge in [0.05, 0.1) is 5.56 Å². The van der Waals surface area contributed by atoms with Crippen molar-refractivity contribution in [2.45, 2.75) is 13.8 Å². The van der Waals surface area contributed by atoms with Gasteiger partial charge in [0.1, 0.15) is 5.75 Å². The Bertz CT molecular complexity index is 542. The van der Waals surface area contributed by atoms with Crippen LogP contribution in [0.2, 0.25) is 0 Å². The van der Waals surface area contributed by atoms with E-state index in [1.54, 1.807) is 6.07 Å². The van der Waals surface area contributed by atoms with Crippen LogP contribution in [-0.2, 0) is 0 Å². The van der Waals surface area contributed by atoms with Crippen LogP contribution in [0.1, 0.15) is 21.5 Å². The first-order valence-corrected chi connectivity index (χ1v) is 4.81. The largest absolute Gasteiger partial charge is 0.507 e. The Hall–Kier alpha value is -1.83. The minimum atomic E-state index is 0.0746. The van der Waals surface area contributed by atoms with E-state index in [2.05, 4.69) is 0 Å². The Morgan fingerprint density at radius 1 is 1.13 bits per heavy atom. The molecular formula is C13H12O2. The highest BCUT2D eigenvalue weighted by Crippen LogP contribution is 2.29. The van der Waals surface area contributed by atoms with Gasteiger partial charge in [0.25, 0.3) is 0 Å². The molecule has 1 N–H and O–H groups in total. The van der Waals surface area contributed by atoms with Gasteiger partial charge in [-0.1, -0.05) is 12.1 Å². The molecule has 0 aliphatic carbocycles. The first-order chi connectivity index (χ1) is 7.13. The lowest BCUT2D eigenvalue weighted by atomic mass is 10.0. The Labute approximate surface area is 88.2 Å². The molecule has 0 bridgehead atoms. The molecule has 0 amide bonds. The van der Waals surface area contributed by atoms with E-state index in [4.69, 9.17) is 0 Å². The zero-order chi connectivity index (χ0) is 11.0. The summed E-state index contributed by atoms with van der Waals surface area (Å²) in [4.78, 5) is 10.7. The quantitative estimate of drug-likeness (QED) is 0.718. The summed E-state index contributed by atoms with van der Waals surface area (Å²) in [7, 11) is 0. The number of rotatable bonds is 1. The number of hydrogen-bond donors (Lipinski definition) is 1. The SMILES string of the molecule is Cc1cc2ccc(C=O)c(O)c2cc1C. The van der Waals surface area contributed by atoms with Crippen LogP contribution in [-0.4, -0.2) is 11.4 Å². The number of fused-ring (bicyclic) bond motifs is 1. The molecule has 0 heterocycles. The normalized spacial score (nSPS) is 10.5. The topological polar surface area (TPSA) is 37.3 Å². The van der Waals surface area contributed by atoms with Crippen molar-refractivity contribution in [3.8, 4) is 5.75 Å². The standard InChI is InChI=1S/C13H12O2/c1-8-5-10-3-4-11(7-14)13(15)12(10)6-9(8)2/h3-7,15H,1-2H3. The Balaban J connectivity index is 2.87. The van der Waals surface area contributed by atoms with Crippen molar-refractivity contribution in [2.75, 3.05) is 0 Å². The maximum absolute atomic E-state index is 10.7. The predicted molar refractivity (Wildman–Crippen MR) is 60.5 cm³/mol. The number of benzene rings is 2. The van der Waals surface area contributed by atoms with E-state index >= 15 is 0 Å². The summed E-state index contributed by atoms with van der Waals surface area (Å²) in [6.07, 6.45) is 0.671. The van der Waals surface area contributed by atoms with E-state index in [0.29, 0.717) is 11.8 Å². The third-order valence-electron chi connectivity index (χ3n) is 2.76. The molecule has 2 rings (SSSR count). The lowest BCUT2D eigenvalue weighted by molar-refractivity contribution is 0.112. The molecule has 0 saturated heterocycles. The van der Waals surface area contributed by atoms with E-state index in [9.17, 15) is 9.90 Å². The van der Waals surface area contributed by atoms with Crippen molar-refractivity contribution in [3.63, 3.8) is 0 Å². The summed E-state index contributed by atoms with van der Waals surface area (Å²) in [6.45, 7) is 4.02. The lowest BCUT2D eigenvalue weighted by Crippen LogP contribution is -1.86. The summed E-state index contributed by atoms with van der Waals surface area (Å²) in [5, 5.41) is 11.5. The van der Waals surface area contributed by atoms with Gasteiger partial charge in [-0.2, -0.15) is 0 Å². The van der Waals surface area contributed by atoms with Gasteiger partial charge in [0, 0.05) is 5.39 Å². The third-order valence-corrected chi connectivity index (χ3v) is 2.76. The molecule has 0 aromatic heterocycles. The number of aryl methyl sites for hydroxylation is 2. The third kappa shape index (κ3) is 1.48. The molecule has 15 heavy (non-hydrogen) atoms. The molecular weight excluding hydrogens is 188 g/mol. The zero-order valence-electron chi connectivity index (χ0n) is 8.74. The van der Waals surface area contributed by atoms with Gasteiger partial charge in [-0.3, -0.25) is 4.79 Å². The fraction of sp³-hybridized carbons (Fsp3) is 0.154. The van der Waals surface area contributed by atoms with Crippen molar-refractivity contribution < 1.29 is 9.90 Å². The molecule has 2 aromatic rings. The fourth-order valence-corrected chi connectivity index (χ4v) is 1.69. The van der Waals surface area contributed by atoms with Crippen LogP contribution in [0.3, 0.4) is 0 Å². The first kappa shape index (κ1) is 9.71. The number of phenolic OH excluding ortho intramolecular Hbond substituents is 1. The summed E-state index contributed by atoms with van der Waals surface area (Å²) in [5.41, 5.74) is 2.63. The van der Waals surface area contributed by atoms with Crippen LogP contribution in [0.25, 0.3) is 10.8 Å². The lowest BCUT2D eigenvalue weighted by Gasteiger charge is -2.07. The van der Waals surface area contributed by atoms with Crippen LogP contribution in [0, 0.1) is 13.8 Å². The van der Waals surface area contributed by atoms with Crippen LogP contribution in [0.5, 0.6) is 5.75 Å². The molecule has 0 radical (unpaired) electrons. The maximum atomic E-state index is 10.7. The highest BCUT2D eigenvalue weighted by molar-refractivity contribution is 5.96. The minimum absolute atomic E-state index is 0.0746. The van der Waals surface area contributed by atoms with Gasteiger partial charge in [-0.05, 0) is 42.5 Å². The molecule has 0 fully saturated rings. The summed E-state index contributed by atoms with van der Waals surface area (Å²) in [6, 6.07) is 7.41. The Morgan fingerprint density at radius 2 is 1.80 bits per heavy atom. The minimum Gasteiger partial charge on any atom is -0.507 e. The van der Waals surface area contributed by atoms with E-state index in [-0.39, 0.29) is 5.75 Å². The molecule has 0 atom stereocenters. The number of phenols is 1. The van der Waals surface area contributed by atoms with Crippen molar-refractivity contribution in [2.24, 2.45) is 0 Å². The highest BCUT2D eigenvalue weighted by atomic mass is 16.3. The Morgan fingerprint density at radius 3 is 2.47 bits per heavy atom. The molecule has 0 unspecified atom stereocenters. The Kier molecular flexibility index (Phi) is 2.19. The zero-order valence-corrected chi connectivity index (χ0v) is 8.74. The second-order valence-corrected chi connectivity index (χ2v) is 3.78. The predicted octanol–water partition coefficient (Wildman–Crippen LogP) is 2.97. The van der Waals surface area contributed by atoms with Crippen molar-refractivity contribution >= 4 is 17.1 Å². The van der Waals surface area contributed by atoms with Crippen molar-refractivity contribution in [3.05, 3.63) is 41.0 Å². The second-order valence-electron chi connectivity index (χ2n) is 3.78. The smallest absolute Gasteiger partial charge is 0.153 e. The average molecular weight is 200 g/mol. The number of aromatic hydroxyl groups is 1. The molecule has 0 aliphatic heterocycles. The summed E-state index contributed by atoms with van der Waals surface area (Å²) in [5.74, 6) is 0.0746. The average Bonchev–Trinajstić information content (AvgIpc) is 2.22. The van der Waals surface area contributed by atoms with Gasteiger partial charge in [0.2, 0.25) is 0 Å². The molecule has 0 aliphatic rings. The van der Waals surface area contributed by atoms with E-state index < -0.39 is 0 Å². The van der Waals surface area contributed by atoms with Gasteiger partial charge in [0.15, 0.2) is 6.29 Å². The van der Waals surface area contributed by atoms with Crippen molar-refractivity contribution in [1.29, 1.82) is 0 Å². The van der Waals surface area contributed by atoms with Gasteiger partial charge >= 0.3 is 0 Å². The monoisotopic (exact) mass is 200 g/mol. The molecule has 2 aromatic carbocycles. The number of hydrogen-bond acceptors (Lipinski definition) is 2. The van der Waals surface area contributed by atoms with Crippen LogP contribution in [0.15, 0.2) is 24.3 Å². The first-order valence-electron chi connectivity index (χ1n) is 4.81. The van der Waals surface area contributed by atoms with E-state index in [1.807, 2.05) is 32.0 Å². The fourth-order valence-electron chi connectivity index (χ4n) is 1.69. The van der Waals surface area contributed by atoms with Crippen LogP contribution >= 0.6 is 0 Å². The van der Waals surface area contributed by atoms with E-state index in [0.717, 1.165) is 16.3 Å². The molecule has 0 saturated carbocycles.